The van der Waals surface area contributed by atoms with E-state index in [0.29, 0.717) is 0 Å². The Kier molecular flexibility index (Phi) is 5.11. The minimum Gasteiger partial charge on any atom is -0.313 e. The van der Waals surface area contributed by atoms with E-state index in [0.717, 1.165) is 12.0 Å². The third-order valence-corrected chi connectivity index (χ3v) is 4.33. The smallest absolute Gasteiger partial charge is 0.0107 e. The Morgan fingerprint density at radius 3 is 2.38 bits per heavy atom. The minimum absolute atomic E-state index is 0.820. The molecule has 0 amide bonds. The minimum atomic E-state index is 0.820. The molecule has 2 nitrogen and oxygen atoms in total. The molecule has 2 aliphatic rings. The molecule has 0 bridgehead atoms. The fourth-order valence-electron chi connectivity index (χ4n) is 3.07. The topological polar surface area (TPSA) is 15.3 Å². The lowest BCUT2D eigenvalue weighted by atomic mass is 9.87. The molecule has 1 heterocycles. The Hall–Kier alpha value is -0.0800. The van der Waals surface area contributed by atoms with Crippen LogP contribution in [0.25, 0.3) is 0 Å². The number of likely N-dealkylation sites (tertiary alicyclic amines) is 1. The largest absolute Gasteiger partial charge is 0.313 e. The van der Waals surface area contributed by atoms with E-state index in [1.165, 1.54) is 71.1 Å². The summed E-state index contributed by atoms with van der Waals surface area (Å²) in [7, 11) is 0. The van der Waals surface area contributed by atoms with Gasteiger partial charge in [0.05, 0.1) is 0 Å². The Morgan fingerprint density at radius 1 is 1.00 bits per heavy atom. The highest BCUT2D eigenvalue weighted by atomic mass is 15.1. The quantitative estimate of drug-likeness (QED) is 0.790. The summed E-state index contributed by atoms with van der Waals surface area (Å²) < 4.78 is 0. The maximum absolute atomic E-state index is 3.75. The standard InChI is InChI=1S/C14H28N2/c1-13-5-7-14(8-6-13)15-9-12-16-10-3-2-4-11-16/h13-15H,2-12H2,1H3. The van der Waals surface area contributed by atoms with Gasteiger partial charge < -0.3 is 10.2 Å². The van der Waals surface area contributed by atoms with Crippen molar-refractivity contribution in [1.82, 2.24) is 10.2 Å². The normalized spacial score (nSPS) is 32.8. The highest BCUT2D eigenvalue weighted by molar-refractivity contribution is 4.76. The highest BCUT2D eigenvalue weighted by Crippen LogP contribution is 2.23. The first-order valence-corrected chi connectivity index (χ1v) is 7.30. The van der Waals surface area contributed by atoms with Gasteiger partial charge in [0.2, 0.25) is 0 Å². The first kappa shape index (κ1) is 12.4. The van der Waals surface area contributed by atoms with Gasteiger partial charge in [0.15, 0.2) is 0 Å². The zero-order chi connectivity index (χ0) is 11.2. The molecule has 1 N–H and O–H groups in total. The Labute approximate surface area is 101 Å². The summed E-state index contributed by atoms with van der Waals surface area (Å²) in [6.07, 6.45) is 9.96. The fraction of sp³-hybridized carbons (Fsp3) is 1.00. The monoisotopic (exact) mass is 224 g/mol. The van der Waals surface area contributed by atoms with E-state index in [9.17, 15) is 0 Å². The van der Waals surface area contributed by atoms with Gasteiger partial charge in [-0.2, -0.15) is 0 Å². The molecule has 1 aliphatic heterocycles. The molecule has 1 aliphatic carbocycles. The van der Waals surface area contributed by atoms with Gasteiger partial charge in [0, 0.05) is 19.1 Å². The molecule has 16 heavy (non-hydrogen) atoms. The Bertz CT molecular complexity index is 179. The van der Waals surface area contributed by atoms with E-state index in [1.807, 2.05) is 0 Å². The van der Waals surface area contributed by atoms with Gasteiger partial charge in [0.25, 0.3) is 0 Å². The van der Waals surface area contributed by atoms with Crippen LogP contribution in [0.5, 0.6) is 0 Å². The van der Waals surface area contributed by atoms with Crippen molar-refractivity contribution in [1.29, 1.82) is 0 Å². The van der Waals surface area contributed by atoms with Crippen LogP contribution < -0.4 is 5.32 Å². The van der Waals surface area contributed by atoms with Crippen molar-refractivity contribution in [3.8, 4) is 0 Å². The number of hydrogen-bond acceptors (Lipinski definition) is 2. The van der Waals surface area contributed by atoms with Crippen LogP contribution in [0.2, 0.25) is 0 Å². The van der Waals surface area contributed by atoms with Crippen LogP contribution in [0.15, 0.2) is 0 Å². The van der Waals surface area contributed by atoms with Gasteiger partial charge in [0.1, 0.15) is 0 Å². The molecule has 0 aromatic carbocycles. The highest BCUT2D eigenvalue weighted by Gasteiger charge is 2.17. The van der Waals surface area contributed by atoms with E-state index in [4.69, 9.17) is 0 Å². The van der Waals surface area contributed by atoms with Gasteiger partial charge in [-0.05, 0) is 57.5 Å². The van der Waals surface area contributed by atoms with Gasteiger partial charge in [-0.3, -0.25) is 0 Å². The van der Waals surface area contributed by atoms with Gasteiger partial charge in [-0.15, -0.1) is 0 Å². The van der Waals surface area contributed by atoms with Crippen molar-refractivity contribution in [2.45, 2.75) is 57.9 Å². The maximum atomic E-state index is 3.75. The van der Waals surface area contributed by atoms with Crippen molar-refractivity contribution >= 4 is 0 Å². The molecule has 0 spiro atoms. The third-order valence-electron chi connectivity index (χ3n) is 4.33. The van der Waals surface area contributed by atoms with Crippen LogP contribution in [0, 0.1) is 5.92 Å². The summed E-state index contributed by atoms with van der Waals surface area (Å²) in [5.74, 6) is 0.972. The molecule has 0 aromatic heterocycles. The molecule has 0 aromatic rings. The second kappa shape index (κ2) is 6.61. The molecule has 2 rings (SSSR count). The number of piperidine rings is 1. The average Bonchev–Trinajstić information content (AvgIpc) is 2.33. The summed E-state index contributed by atoms with van der Waals surface area (Å²) in [5.41, 5.74) is 0. The van der Waals surface area contributed by atoms with Crippen molar-refractivity contribution in [2.24, 2.45) is 5.92 Å². The fourth-order valence-corrected chi connectivity index (χ4v) is 3.07. The zero-order valence-corrected chi connectivity index (χ0v) is 10.9. The number of nitrogens with zero attached hydrogens (tertiary/aromatic N) is 1. The lowest BCUT2D eigenvalue weighted by Gasteiger charge is -2.30. The summed E-state index contributed by atoms with van der Waals surface area (Å²) in [5, 5.41) is 3.75. The second-order valence-corrected chi connectivity index (χ2v) is 5.81. The lowest BCUT2D eigenvalue weighted by Crippen LogP contribution is -2.40. The summed E-state index contributed by atoms with van der Waals surface area (Å²) in [6, 6.07) is 0.820. The predicted molar refractivity (Wildman–Crippen MR) is 69.7 cm³/mol. The van der Waals surface area contributed by atoms with Crippen LogP contribution in [-0.4, -0.2) is 37.1 Å². The first-order chi connectivity index (χ1) is 7.84. The molecule has 2 heteroatoms. The van der Waals surface area contributed by atoms with Crippen molar-refractivity contribution in [2.75, 3.05) is 26.2 Å². The molecular weight excluding hydrogens is 196 g/mol. The third kappa shape index (κ3) is 4.06. The number of hydrogen-bond donors (Lipinski definition) is 1. The number of rotatable bonds is 4. The van der Waals surface area contributed by atoms with E-state index >= 15 is 0 Å². The van der Waals surface area contributed by atoms with E-state index in [-0.39, 0.29) is 0 Å². The van der Waals surface area contributed by atoms with Crippen LogP contribution in [0.1, 0.15) is 51.9 Å². The number of nitrogens with one attached hydrogen (secondary N) is 1. The van der Waals surface area contributed by atoms with E-state index in [2.05, 4.69) is 17.1 Å². The molecule has 1 saturated heterocycles. The molecule has 0 radical (unpaired) electrons. The van der Waals surface area contributed by atoms with Gasteiger partial charge >= 0.3 is 0 Å². The molecule has 94 valence electrons. The summed E-state index contributed by atoms with van der Waals surface area (Å²) >= 11 is 0. The Balaban J connectivity index is 1.53. The van der Waals surface area contributed by atoms with Gasteiger partial charge in [-0.25, -0.2) is 0 Å². The molecular formula is C14H28N2. The Morgan fingerprint density at radius 2 is 1.69 bits per heavy atom. The maximum Gasteiger partial charge on any atom is 0.0107 e. The van der Waals surface area contributed by atoms with Crippen LogP contribution >= 0.6 is 0 Å². The van der Waals surface area contributed by atoms with E-state index < -0.39 is 0 Å². The van der Waals surface area contributed by atoms with Crippen molar-refractivity contribution in [3.05, 3.63) is 0 Å². The molecule has 2 fully saturated rings. The van der Waals surface area contributed by atoms with Crippen molar-refractivity contribution < 1.29 is 0 Å². The van der Waals surface area contributed by atoms with Crippen LogP contribution in [-0.2, 0) is 0 Å². The molecule has 0 atom stereocenters. The van der Waals surface area contributed by atoms with Crippen molar-refractivity contribution in [3.63, 3.8) is 0 Å². The average molecular weight is 224 g/mol. The summed E-state index contributed by atoms with van der Waals surface area (Å²) in [6.45, 7) is 7.54. The van der Waals surface area contributed by atoms with Gasteiger partial charge in [-0.1, -0.05) is 13.3 Å². The summed E-state index contributed by atoms with van der Waals surface area (Å²) in [4.78, 5) is 2.63. The van der Waals surface area contributed by atoms with E-state index in [1.54, 1.807) is 0 Å². The zero-order valence-electron chi connectivity index (χ0n) is 10.9. The SMILES string of the molecule is CC1CCC(NCCN2CCCCC2)CC1. The molecule has 0 unspecified atom stereocenters. The lowest BCUT2D eigenvalue weighted by molar-refractivity contribution is 0.219. The van der Waals surface area contributed by atoms with Crippen LogP contribution in [0.3, 0.4) is 0 Å². The molecule has 1 saturated carbocycles. The second-order valence-electron chi connectivity index (χ2n) is 5.81. The van der Waals surface area contributed by atoms with Crippen LogP contribution in [0.4, 0.5) is 0 Å². The predicted octanol–water partition coefficient (Wildman–Crippen LogP) is 2.64. The first-order valence-electron chi connectivity index (χ1n) is 7.30.